The first kappa shape index (κ1) is 12.4. The van der Waals surface area contributed by atoms with E-state index in [0.29, 0.717) is 19.1 Å². The van der Waals surface area contributed by atoms with Crippen LogP contribution < -0.4 is 5.32 Å². The minimum atomic E-state index is -0.479. The molecule has 0 bridgehead atoms. The van der Waals surface area contributed by atoms with Crippen molar-refractivity contribution in [1.82, 2.24) is 10.2 Å². The molecule has 0 aromatic rings. The number of β-amino-alcohol motifs (C(OH)–C–C–N with tert-alkyl or cyclic N) is 1. The summed E-state index contributed by atoms with van der Waals surface area (Å²) in [7, 11) is 1.48. The number of hydrogen-bond donors (Lipinski definition) is 2. The molecular formula is C10H20N2O3. The fourth-order valence-electron chi connectivity index (χ4n) is 1.76. The van der Waals surface area contributed by atoms with Gasteiger partial charge >= 0.3 is 0 Å². The summed E-state index contributed by atoms with van der Waals surface area (Å²) in [5.41, 5.74) is 0. The first-order valence-corrected chi connectivity index (χ1v) is 5.25. The lowest BCUT2D eigenvalue weighted by Crippen LogP contribution is -2.44. The van der Waals surface area contributed by atoms with Crippen molar-refractivity contribution in [3.8, 4) is 0 Å². The van der Waals surface area contributed by atoms with E-state index in [1.165, 1.54) is 7.11 Å². The molecule has 0 radical (unpaired) electrons. The maximum absolute atomic E-state index is 11.3. The fourth-order valence-corrected chi connectivity index (χ4v) is 1.76. The molecule has 0 unspecified atom stereocenters. The maximum atomic E-state index is 11.3. The van der Waals surface area contributed by atoms with E-state index >= 15 is 0 Å². The minimum Gasteiger partial charge on any atom is -0.390 e. The topological polar surface area (TPSA) is 61.8 Å². The van der Waals surface area contributed by atoms with Crippen molar-refractivity contribution >= 4 is 5.91 Å². The summed E-state index contributed by atoms with van der Waals surface area (Å²) in [6.07, 6.45) is -0.479. The highest BCUT2D eigenvalue weighted by Crippen LogP contribution is 2.12. The van der Waals surface area contributed by atoms with Gasteiger partial charge in [0.1, 0.15) is 6.61 Å². The second-order valence-corrected chi connectivity index (χ2v) is 4.22. The molecule has 0 aromatic heterocycles. The van der Waals surface area contributed by atoms with Crippen LogP contribution in [0.1, 0.15) is 13.8 Å². The number of nitrogens with one attached hydrogen (secondary N) is 1. The van der Waals surface area contributed by atoms with Crippen LogP contribution in [0, 0.1) is 0 Å². The van der Waals surface area contributed by atoms with Gasteiger partial charge in [0.15, 0.2) is 0 Å². The highest BCUT2D eigenvalue weighted by molar-refractivity contribution is 5.77. The van der Waals surface area contributed by atoms with Gasteiger partial charge in [-0.15, -0.1) is 0 Å². The largest absolute Gasteiger partial charge is 0.390 e. The summed E-state index contributed by atoms with van der Waals surface area (Å²) < 4.78 is 4.72. The first-order valence-electron chi connectivity index (χ1n) is 5.25. The van der Waals surface area contributed by atoms with Crippen LogP contribution in [0.25, 0.3) is 0 Å². The van der Waals surface area contributed by atoms with Crippen molar-refractivity contribution in [2.24, 2.45) is 0 Å². The fraction of sp³-hybridized carbons (Fsp3) is 0.900. The number of likely N-dealkylation sites (tertiary alicyclic amines) is 1. The number of aliphatic hydroxyl groups excluding tert-OH is 1. The number of carbonyl (C=O) groups excluding carboxylic acids is 1. The van der Waals surface area contributed by atoms with Crippen molar-refractivity contribution in [3.05, 3.63) is 0 Å². The molecule has 88 valence electrons. The highest BCUT2D eigenvalue weighted by atomic mass is 16.5. The van der Waals surface area contributed by atoms with Crippen LogP contribution in [0.5, 0.6) is 0 Å². The quantitative estimate of drug-likeness (QED) is 0.646. The predicted octanol–water partition coefficient (Wildman–Crippen LogP) is -0.797. The first-order chi connectivity index (χ1) is 7.04. The average Bonchev–Trinajstić information content (AvgIpc) is 2.48. The van der Waals surface area contributed by atoms with E-state index < -0.39 is 6.10 Å². The van der Waals surface area contributed by atoms with E-state index in [1.807, 2.05) is 0 Å². The smallest absolute Gasteiger partial charge is 0.246 e. The third-order valence-electron chi connectivity index (χ3n) is 2.67. The van der Waals surface area contributed by atoms with Crippen LogP contribution in [-0.4, -0.2) is 60.9 Å². The molecule has 5 nitrogen and oxygen atoms in total. The summed E-state index contributed by atoms with van der Waals surface area (Å²) in [6.45, 7) is 5.52. The predicted molar refractivity (Wildman–Crippen MR) is 56.5 cm³/mol. The van der Waals surface area contributed by atoms with E-state index in [9.17, 15) is 9.90 Å². The Bertz CT molecular complexity index is 221. The molecule has 0 saturated carbocycles. The van der Waals surface area contributed by atoms with Gasteiger partial charge in [-0.25, -0.2) is 0 Å². The van der Waals surface area contributed by atoms with Gasteiger partial charge in [0, 0.05) is 26.2 Å². The van der Waals surface area contributed by atoms with E-state index in [0.717, 1.165) is 0 Å². The third kappa shape index (κ3) is 3.44. The number of amides is 1. The number of methoxy groups -OCH3 is 1. The lowest BCUT2D eigenvalue weighted by atomic mass is 10.2. The zero-order chi connectivity index (χ0) is 11.4. The molecule has 15 heavy (non-hydrogen) atoms. The standard InChI is InChI=1S/C10H20N2O3/c1-7(2)12-4-8(9(13)5-12)11-10(14)6-15-3/h7-9,13H,4-6H2,1-3H3,(H,11,14)/t8-,9-/m1/s1. The van der Waals surface area contributed by atoms with Crippen molar-refractivity contribution in [2.45, 2.75) is 32.0 Å². The summed E-state index contributed by atoms with van der Waals surface area (Å²) in [5, 5.41) is 12.5. The Kier molecular flexibility index (Phi) is 4.50. The molecule has 1 saturated heterocycles. The molecule has 1 fully saturated rings. The van der Waals surface area contributed by atoms with Crippen molar-refractivity contribution < 1.29 is 14.6 Å². The molecule has 0 aromatic carbocycles. The van der Waals surface area contributed by atoms with E-state index in [1.54, 1.807) is 0 Å². The Morgan fingerprint density at radius 2 is 2.27 bits per heavy atom. The number of hydrogen-bond acceptors (Lipinski definition) is 4. The maximum Gasteiger partial charge on any atom is 0.246 e. The van der Waals surface area contributed by atoms with Gasteiger partial charge < -0.3 is 15.2 Å². The Labute approximate surface area is 90.4 Å². The second kappa shape index (κ2) is 5.44. The van der Waals surface area contributed by atoms with Gasteiger partial charge in [0.2, 0.25) is 5.91 Å². The average molecular weight is 216 g/mol. The Hall–Kier alpha value is -0.650. The molecule has 1 heterocycles. The lowest BCUT2D eigenvalue weighted by Gasteiger charge is -2.19. The molecule has 0 spiro atoms. The highest BCUT2D eigenvalue weighted by Gasteiger charge is 2.33. The zero-order valence-electron chi connectivity index (χ0n) is 9.56. The minimum absolute atomic E-state index is 0.0465. The number of ether oxygens (including phenoxy) is 1. The molecule has 2 N–H and O–H groups in total. The van der Waals surface area contributed by atoms with Gasteiger partial charge in [-0.1, -0.05) is 0 Å². The molecule has 1 aliphatic rings. The summed E-state index contributed by atoms with van der Waals surface area (Å²) in [6, 6.07) is 0.221. The Morgan fingerprint density at radius 1 is 1.60 bits per heavy atom. The van der Waals surface area contributed by atoms with Crippen LogP contribution in [0.3, 0.4) is 0 Å². The van der Waals surface area contributed by atoms with Crippen LogP contribution in [0.15, 0.2) is 0 Å². The number of aliphatic hydroxyl groups is 1. The van der Waals surface area contributed by atoms with Crippen molar-refractivity contribution in [1.29, 1.82) is 0 Å². The molecule has 1 rings (SSSR count). The van der Waals surface area contributed by atoms with Gasteiger partial charge in [-0.05, 0) is 13.8 Å². The number of carbonyl (C=O) groups is 1. The van der Waals surface area contributed by atoms with Gasteiger partial charge in [-0.3, -0.25) is 9.69 Å². The second-order valence-electron chi connectivity index (χ2n) is 4.22. The van der Waals surface area contributed by atoms with Crippen LogP contribution >= 0.6 is 0 Å². The van der Waals surface area contributed by atoms with Crippen LogP contribution in [-0.2, 0) is 9.53 Å². The molecule has 1 amide bonds. The zero-order valence-corrected chi connectivity index (χ0v) is 9.56. The number of rotatable bonds is 4. The monoisotopic (exact) mass is 216 g/mol. The molecule has 1 aliphatic heterocycles. The van der Waals surface area contributed by atoms with Gasteiger partial charge in [0.25, 0.3) is 0 Å². The lowest BCUT2D eigenvalue weighted by molar-refractivity contribution is -0.125. The summed E-state index contributed by atoms with van der Waals surface area (Å²) in [5.74, 6) is -0.174. The normalized spacial score (nSPS) is 27.3. The van der Waals surface area contributed by atoms with E-state index in [-0.39, 0.29) is 18.6 Å². The SMILES string of the molecule is COCC(=O)N[C@@H]1CN(C(C)C)C[C@H]1O. The third-order valence-corrected chi connectivity index (χ3v) is 2.67. The van der Waals surface area contributed by atoms with Gasteiger partial charge in [0.05, 0.1) is 12.1 Å². The Morgan fingerprint density at radius 3 is 2.73 bits per heavy atom. The van der Waals surface area contributed by atoms with Crippen LogP contribution in [0.2, 0.25) is 0 Å². The van der Waals surface area contributed by atoms with Gasteiger partial charge in [-0.2, -0.15) is 0 Å². The molecule has 2 atom stereocenters. The Balaban J connectivity index is 2.40. The molecule has 5 heteroatoms. The molecule has 0 aliphatic carbocycles. The summed E-state index contributed by atoms with van der Waals surface area (Å²) >= 11 is 0. The number of nitrogens with zero attached hydrogens (tertiary/aromatic N) is 1. The van der Waals surface area contributed by atoms with Crippen LogP contribution in [0.4, 0.5) is 0 Å². The van der Waals surface area contributed by atoms with Crippen molar-refractivity contribution in [2.75, 3.05) is 26.8 Å². The van der Waals surface area contributed by atoms with Crippen molar-refractivity contribution in [3.63, 3.8) is 0 Å². The molecular weight excluding hydrogens is 196 g/mol. The van der Waals surface area contributed by atoms with E-state index in [2.05, 4.69) is 24.1 Å². The van der Waals surface area contributed by atoms with E-state index in [4.69, 9.17) is 4.74 Å². The summed E-state index contributed by atoms with van der Waals surface area (Å²) in [4.78, 5) is 13.4.